The second kappa shape index (κ2) is 7.00. The molecule has 0 amide bonds. The number of alkyl halides is 3. The third-order valence-electron chi connectivity index (χ3n) is 2.94. The fraction of sp³-hybridized carbons (Fsp3) is 0.143. The molecule has 0 aliphatic carbocycles. The number of nitrogens with one attached hydrogen (secondary N) is 1. The van der Waals surface area contributed by atoms with Crippen molar-refractivity contribution in [1.82, 2.24) is 4.98 Å². The SMILES string of the molecule is NCc1cccc(Cl)c1Sc1cc(C(F)(F)Cl)[nH]c(=O)c1C=O. The van der Waals surface area contributed by atoms with E-state index in [1.807, 2.05) is 4.98 Å². The molecule has 3 N–H and O–H groups in total. The normalized spacial score (nSPS) is 11.5. The molecule has 0 bridgehead atoms. The van der Waals surface area contributed by atoms with Gasteiger partial charge in [0.25, 0.3) is 5.56 Å². The average Bonchev–Trinajstić information content (AvgIpc) is 2.48. The van der Waals surface area contributed by atoms with Crippen molar-refractivity contribution in [1.29, 1.82) is 0 Å². The summed E-state index contributed by atoms with van der Waals surface area (Å²) >= 11 is 11.9. The first kappa shape index (κ1) is 17.9. The third-order valence-corrected chi connectivity index (χ3v) is 4.81. The Morgan fingerprint density at radius 3 is 2.65 bits per heavy atom. The number of carbonyl (C=O) groups is 1. The lowest BCUT2D eigenvalue weighted by Crippen LogP contribution is -2.20. The molecule has 1 aromatic heterocycles. The predicted molar refractivity (Wildman–Crippen MR) is 85.7 cm³/mol. The van der Waals surface area contributed by atoms with Gasteiger partial charge < -0.3 is 10.7 Å². The predicted octanol–water partition coefficient (Wildman–Crippen LogP) is 3.74. The molecule has 0 aliphatic rings. The quantitative estimate of drug-likeness (QED) is 0.613. The number of aromatic amines is 1. The van der Waals surface area contributed by atoms with Crippen molar-refractivity contribution in [2.75, 3.05) is 0 Å². The molecule has 23 heavy (non-hydrogen) atoms. The van der Waals surface area contributed by atoms with Crippen LogP contribution >= 0.6 is 35.0 Å². The Balaban J connectivity index is 2.62. The van der Waals surface area contributed by atoms with E-state index >= 15 is 0 Å². The maximum Gasteiger partial charge on any atom is 0.362 e. The number of benzene rings is 1. The summed E-state index contributed by atoms with van der Waals surface area (Å²) in [6.45, 7) is 0.154. The van der Waals surface area contributed by atoms with Crippen molar-refractivity contribution in [3.05, 3.63) is 56.5 Å². The van der Waals surface area contributed by atoms with Gasteiger partial charge in [0.05, 0.1) is 10.6 Å². The van der Waals surface area contributed by atoms with Crippen LogP contribution in [0.15, 0.2) is 38.9 Å². The van der Waals surface area contributed by atoms with E-state index in [1.54, 1.807) is 18.2 Å². The highest BCUT2D eigenvalue weighted by Gasteiger charge is 2.31. The Hall–Kier alpha value is -1.41. The summed E-state index contributed by atoms with van der Waals surface area (Å²) in [5, 5.41) is -3.44. The molecule has 9 heteroatoms. The van der Waals surface area contributed by atoms with Crippen molar-refractivity contribution >= 4 is 41.2 Å². The zero-order valence-corrected chi connectivity index (χ0v) is 13.7. The minimum absolute atomic E-state index is 0.0156. The van der Waals surface area contributed by atoms with Crippen molar-refractivity contribution in [3.8, 4) is 0 Å². The Labute approximate surface area is 144 Å². The zero-order chi connectivity index (χ0) is 17.2. The van der Waals surface area contributed by atoms with E-state index in [1.165, 1.54) is 0 Å². The zero-order valence-electron chi connectivity index (χ0n) is 11.4. The number of carbonyl (C=O) groups excluding carboxylic acids is 1. The van der Waals surface area contributed by atoms with Crippen LogP contribution in [0.5, 0.6) is 0 Å². The van der Waals surface area contributed by atoms with Gasteiger partial charge in [0.2, 0.25) is 0 Å². The van der Waals surface area contributed by atoms with Crippen molar-refractivity contribution in [2.24, 2.45) is 5.73 Å². The van der Waals surface area contributed by atoms with Gasteiger partial charge in [-0.25, -0.2) is 0 Å². The summed E-state index contributed by atoms with van der Waals surface area (Å²) in [6.07, 6.45) is 0.288. The number of nitrogens with two attached hydrogens (primary N) is 1. The summed E-state index contributed by atoms with van der Waals surface area (Å²) in [5.41, 5.74) is 4.22. The van der Waals surface area contributed by atoms with Crippen molar-refractivity contribution in [3.63, 3.8) is 0 Å². The highest BCUT2D eigenvalue weighted by molar-refractivity contribution is 7.99. The number of rotatable bonds is 5. The number of halogens is 4. The van der Waals surface area contributed by atoms with E-state index in [4.69, 9.17) is 28.9 Å². The van der Waals surface area contributed by atoms with Gasteiger partial charge in [-0.05, 0) is 29.3 Å². The molecule has 0 spiro atoms. The molecule has 4 nitrogen and oxygen atoms in total. The Bertz CT molecular complexity index is 806. The number of H-pyrrole nitrogens is 1. The summed E-state index contributed by atoms with van der Waals surface area (Å²) in [7, 11) is 0. The van der Waals surface area contributed by atoms with Crippen LogP contribution in [0.2, 0.25) is 5.02 Å². The molecule has 0 saturated heterocycles. The van der Waals surface area contributed by atoms with E-state index in [-0.39, 0.29) is 23.3 Å². The van der Waals surface area contributed by atoms with Gasteiger partial charge in [0.15, 0.2) is 6.29 Å². The van der Waals surface area contributed by atoms with E-state index in [9.17, 15) is 18.4 Å². The summed E-state index contributed by atoms with van der Waals surface area (Å²) in [5.74, 6) is 0. The van der Waals surface area contributed by atoms with Gasteiger partial charge in [-0.2, -0.15) is 8.78 Å². The van der Waals surface area contributed by atoms with Crippen LogP contribution in [0.25, 0.3) is 0 Å². The molecule has 0 fully saturated rings. The standard InChI is InChI=1S/C14H10Cl2F2N2O2S/c15-9-3-1-2-7(5-19)12(9)23-10-4-11(14(16,17)18)20-13(22)8(10)6-21/h1-4,6H,5,19H2,(H,20,22). The minimum atomic E-state index is -3.77. The topological polar surface area (TPSA) is 76.0 Å². The lowest BCUT2D eigenvalue weighted by atomic mass is 10.2. The summed E-state index contributed by atoms with van der Waals surface area (Å²) in [4.78, 5) is 25.3. The summed E-state index contributed by atoms with van der Waals surface area (Å²) < 4.78 is 26.5. The fourth-order valence-corrected chi connectivity index (χ4v) is 3.34. The lowest BCUT2D eigenvalue weighted by Gasteiger charge is -2.13. The minimum Gasteiger partial charge on any atom is -0.326 e. The monoisotopic (exact) mass is 378 g/mol. The fourth-order valence-electron chi connectivity index (χ4n) is 1.83. The summed E-state index contributed by atoms with van der Waals surface area (Å²) in [6, 6.07) is 5.94. The molecule has 2 aromatic rings. The van der Waals surface area contributed by atoms with E-state index in [0.29, 0.717) is 15.5 Å². The molecule has 0 unspecified atom stereocenters. The molecular formula is C14H10Cl2F2N2O2S. The number of hydrogen-bond acceptors (Lipinski definition) is 4. The van der Waals surface area contributed by atoms with Gasteiger partial charge in [-0.1, -0.05) is 35.5 Å². The average molecular weight is 379 g/mol. The molecule has 0 saturated carbocycles. The van der Waals surface area contributed by atoms with E-state index < -0.39 is 16.6 Å². The Morgan fingerprint density at radius 2 is 2.09 bits per heavy atom. The lowest BCUT2D eigenvalue weighted by molar-refractivity contribution is 0.0891. The molecular weight excluding hydrogens is 369 g/mol. The molecule has 122 valence electrons. The molecule has 1 aromatic carbocycles. The van der Waals surface area contributed by atoms with Crippen LogP contribution < -0.4 is 11.3 Å². The van der Waals surface area contributed by atoms with Gasteiger partial charge in [-0.3, -0.25) is 9.59 Å². The highest BCUT2D eigenvalue weighted by Crippen LogP contribution is 2.39. The Morgan fingerprint density at radius 1 is 1.39 bits per heavy atom. The van der Waals surface area contributed by atoms with Crippen LogP contribution in [0.4, 0.5) is 8.78 Å². The molecule has 0 aliphatic heterocycles. The van der Waals surface area contributed by atoms with Crippen LogP contribution in [-0.4, -0.2) is 11.3 Å². The van der Waals surface area contributed by atoms with Gasteiger partial charge in [0, 0.05) is 16.3 Å². The Kier molecular flexibility index (Phi) is 5.46. The maximum absolute atomic E-state index is 13.3. The van der Waals surface area contributed by atoms with Crippen LogP contribution in [0.1, 0.15) is 21.6 Å². The molecule has 0 radical (unpaired) electrons. The second-order valence-corrected chi connectivity index (χ2v) is 6.37. The number of aromatic nitrogens is 1. The van der Waals surface area contributed by atoms with Gasteiger partial charge in [-0.15, -0.1) is 0 Å². The van der Waals surface area contributed by atoms with Crippen LogP contribution in [0, 0.1) is 0 Å². The van der Waals surface area contributed by atoms with Crippen molar-refractivity contribution < 1.29 is 13.6 Å². The van der Waals surface area contributed by atoms with Gasteiger partial charge in [0.1, 0.15) is 5.69 Å². The molecule has 1 heterocycles. The first-order valence-corrected chi connectivity index (χ1v) is 7.80. The van der Waals surface area contributed by atoms with Crippen molar-refractivity contribution in [2.45, 2.75) is 21.7 Å². The van der Waals surface area contributed by atoms with Crippen LogP contribution in [-0.2, 0) is 11.9 Å². The van der Waals surface area contributed by atoms with E-state index in [2.05, 4.69) is 0 Å². The second-order valence-electron chi connectivity index (χ2n) is 4.44. The third kappa shape index (κ3) is 3.92. The molecule has 2 rings (SSSR count). The van der Waals surface area contributed by atoms with Gasteiger partial charge >= 0.3 is 5.38 Å². The first-order valence-electron chi connectivity index (χ1n) is 6.23. The van der Waals surface area contributed by atoms with Crippen LogP contribution in [0.3, 0.4) is 0 Å². The largest absolute Gasteiger partial charge is 0.362 e. The highest BCUT2D eigenvalue weighted by atomic mass is 35.5. The smallest absolute Gasteiger partial charge is 0.326 e. The van der Waals surface area contributed by atoms with E-state index in [0.717, 1.165) is 17.8 Å². The number of hydrogen-bond donors (Lipinski definition) is 2. The number of pyridine rings is 1. The first-order chi connectivity index (χ1) is 10.8. The maximum atomic E-state index is 13.3. The number of aldehydes is 1. The molecule has 0 atom stereocenters.